The van der Waals surface area contributed by atoms with E-state index in [0.29, 0.717) is 11.3 Å². The van der Waals surface area contributed by atoms with Crippen LogP contribution in [0.15, 0.2) is 36.4 Å². The van der Waals surface area contributed by atoms with E-state index < -0.39 is 27.9 Å². The Morgan fingerprint density at radius 1 is 1.19 bits per heavy atom. The minimum absolute atomic E-state index is 0.248. The third kappa shape index (κ3) is 4.08. The average Bonchev–Trinajstić information content (AvgIpc) is 2.86. The minimum Gasteiger partial charge on any atom is -0.390 e. The number of nitrogens with zero attached hydrogens (tertiary/aromatic N) is 2. The zero-order valence-corrected chi connectivity index (χ0v) is 15.4. The van der Waals surface area contributed by atoms with Gasteiger partial charge < -0.3 is 10.4 Å². The molecule has 1 saturated heterocycles. The van der Waals surface area contributed by atoms with Crippen molar-refractivity contribution in [3.63, 3.8) is 0 Å². The Labute approximate surface area is 152 Å². The van der Waals surface area contributed by atoms with Crippen molar-refractivity contribution in [2.75, 3.05) is 11.5 Å². The molecular formula is C18H21N3O4S. The van der Waals surface area contributed by atoms with E-state index in [9.17, 15) is 18.3 Å². The lowest BCUT2D eigenvalue weighted by atomic mass is 10.1. The first kappa shape index (κ1) is 18.5. The predicted molar refractivity (Wildman–Crippen MR) is 97.5 cm³/mol. The highest BCUT2D eigenvalue weighted by Crippen LogP contribution is 2.20. The Morgan fingerprint density at radius 3 is 2.54 bits per heavy atom. The maximum atomic E-state index is 12.4. The molecule has 1 aliphatic rings. The number of carbonyl (C=O) groups is 1. The Morgan fingerprint density at radius 2 is 1.96 bits per heavy atom. The first-order valence-corrected chi connectivity index (χ1v) is 10.2. The molecule has 2 aromatic rings. The van der Waals surface area contributed by atoms with E-state index in [0.717, 1.165) is 11.3 Å². The largest absolute Gasteiger partial charge is 0.390 e. The van der Waals surface area contributed by atoms with Crippen LogP contribution in [0, 0.1) is 0 Å². The monoisotopic (exact) mass is 375 g/mol. The summed E-state index contributed by atoms with van der Waals surface area (Å²) in [6.45, 7) is 4.07. The van der Waals surface area contributed by atoms with E-state index in [1.165, 1.54) is 0 Å². The van der Waals surface area contributed by atoms with Crippen molar-refractivity contribution < 1.29 is 18.3 Å². The molecule has 0 bridgehead atoms. The summed E-state index contributed by atoms with van der Waals surface area (Å²) in [5, 5.41) is 20.8. The number of carbonyl (C=O) groups excluding carboxylic acids is 1. The van der Waals surface area contributed by atoms with Crippen molar-refractivity contribution in [1.29, 1.82) is 0 Å². The number of benzene rings is 1. The molecule has 0 unspecified atom stereocenters. The molecule has 138 valence electrons. The second kappa shape index (κ2) is 7.13. The maximum absolute atomic E-state index is 12.4. The van der Waals surface area contributed by atoms with Crippen LogP contribution >= 0.6 is 0 Å². The Hall–Kier alpha value is -2.32. The van der Waals surface area contributed by atoms with Crippen molar-refractivity contribution in [1.82, 2.24) is 15.5 Å². The molecule has 1 amide bonds. The Balaban J connectivity index is 1.77. The van der Waals surface area contributed by atoms with Crippen molar-refractivity contribution in [3.05, 3.63) is 47.7 Å². The lowest BCUT2D eigenvalue weighted by Crippen LogP contribution is -2.42. The van der Waals surface area contributed by atoms with Crippen LogP contribution < -0.4 is 5.32 Å². The summed E-state index contributed by atoms with van der Waals surface area (Å²) < 4.78 is 23.1. The molecule has 1 aromatic carbocycles. The number of sulfone groups is 1. The van der Waals surface area contributed by atoms with Crippen LogP contribution in [-0.4, -0.2) is 53.3 Å². The zero-order chi connectivity index (χ0) is 18.9. The van der Waals surface area contributed by atoms with E-state index >= 15 is 0 Å². The number of aliphatic hydroxyl groups is 1. The first-order valence-electron chi connectivity index (χ1n) is 8.38. The molecule has 7 nitrogen and oxygen atoms in total. The smallest absolute Gasteiger partial charge is 0.251 e. The van der Waals surface area contributed by atoms with Gasteiger partial charge in [0.2, 0.25) is 0 Å². The molecule has 0 aliphatic carbocycles. The number of hydrogen-bond acceptors (Lipinski definition) is 6. The van der Waals surface area contributed by atoms with E-state index in [1.54, 1.807) is 18.2 Å². The van der Waals surface area contributed by atoms with Gasteiger partial charge in [-0.15, -0.1) is 0 Å². The van der Waals surface area contributed by atoms with E-state index in [2.05, 4.69) is 15.5 Å². The van der Waals surface area contributed by atoms with Crippen LogP contribution in [0.25, 0.3) is 11.3 Å². The Bertz CT molecular complexity index is 910. The van der Waals surface area contributed by atoms with E-state index in [-0.39, 0.29) is 17.4 Å². The fraction of sp³-hybridized carbons (Fsp3) is 0.389. The van der Waals surface area contributed by atoms with Crippen molar-refractivity contribution in [3.8, 4) is 11.3 Å². The van der Waals surface area contributed by atoms with E-state index in [4.69, 9.17) is 0 Å². The molecule has 0 spiro atoms. The lowest BCUT2D eigenvalue weighted by molar-refractivity contribution is 0.0889. The number of rotatable bonds is 4. The second-order valence-corrected chi connectivity index (χ2v) is 8.96. The van der Waals surface area contributed by atoms with Crippen LogP contribution in [0.3, 0.4) is 0 Å². The Kier molecular flexibility index (Phi) is 5.06. The standard InChI is InChI=1S/C18H21N3O4S/c1-11(2)14-6-7-15(21-20-14)12-4-3-5-13(8-12)18(23)19-16-9-26(24,25)10-17(16)22/h3-8,11,16-17,22H,9-10H2,1-2H3,(H,19,23)/t16-,17-/m1/s1. The van der Waals surface area contributed by atoms with Crippen molar-refractivity contribution >= 4 is 15.7 Å². The predicted octanol–water partition coefficient (Wildman–Crippen LogP) is 1.15. The first-order chi connectivity index (χ1) is 12.2. The summed E-state index contributed by atoms with van der Waals surface area (Å²) in [5.74, 6) is -0.722. The quantitative estimate of drug-likeness (QED) is 0.830. The SMILES string of the molecule is CC(C)c1ccc(-c2cccc(C(=O)N[C@@H]3CS(=O)(=O)C[C@H]3O)c2)nn1. The second-order valence-electron chi connectivity index (χ2n) is 6.80. The molecule has 8 heteroatoms. The minimum atomic E-state index is -3.32. The summed E-state index contributed by atoms with van der Waals surface area (Å²) in [4.78, 5) is 12.4. The van der Waals surface area contributed by atoms with Gasteiger partial charge in [0, 0.05) is 11.1 Å². The van der Waals surface area contributed by atoms with Gasteiger partial charge in [-0.25, -0.2) is 8.42 Å². The van der Waals surface area contributed by atoms with Crippen molar-refractivity contribution in [2.24, 2.45) is 0 Å². The van der Waals surface area contributed by atoms with Gasteiger partial charge in [0.05, 0.1) is 35.0 Å². The summed E-state index contributed by atoms with van der Waals surface area (Å²) in [6.07, 6.45) is -1.08. The van der Waals surface area contributed by atoms with Gasteiger partial charge in [-0.3, -0.25) is 4.79 Å². The number of aliphatic hydroxyl groups excluding tert-OH is 1. The average molecular weight is 375 g/mol. The summed E-state index contributed by atoms with van der Waals surface area (Å²) in [6, 6.07) is 9.82. The fourth-order valence-electron chi connectivity index (χ4n) is 2.84. The number of aromatic nitrogens is 2. The topological polar surface area (TPSA) is 109 Å². The van der Waals surface area contributed by atoms with Gasteiger partial charge in [0.1, 0.15) is 0 Å². The van der Waals surface area contributed by atoms with E-state index in [1.807, 2.05) is 32.0 Å². The highest BCUT2D eigenvalue weighted by molar-refractivity contribution is 7.91. The molecule has 0 saturated carbocycles. The summed E-state index contributed by atoms with van der Waals surface area (Å²) in [5.41, 5.74) is 2.64. The normalized spacial score (nSPS) is 21.7. The van der Waals surface area contributed by atoms with Gasteiger partial charge in [-0.05, 0) is 30.2 Å². The molecule has 2 atom stereocenters. The van der Waals surface area contributed by atoms with Crippen LogP contribution in [-0.2, 0) is 9.84 Å². The number of hydrogen-bond donors (Lipinski definition) is 2. The molecule has 2 heterocycles. The van der Waals surface area contributed by atoms with Crippen LogP contribution in [0.5, 0.6) is 0 Å². The highest BCUT2D eigenvalue weighted by Gasteiger charge is 2.37. The summed E-state index contributed by atoms with van der Waals surface area (Å²) >= 11 is 0. The molecule has 2 N–H and O–H groups in total. The van der Waals surface area contributed by atoms with Crippen LogP contribution in [0.1, 0.15) is 35.8 Å². The third-order valence-corrected chi connectivity index (χ3v) is 6.05. The summed E-state index contributed by atoms with van der Waals surface area (Å²) in [7, 11) is -3.32. The van der Waals surface area contributed by atoms with Crippen molar-refractivity contribution in [2.45, 2.75) is 31.9 Å². The van der Waals surface area contributed by atoms with Gasteiger partial charge in [0.15, 0.2) is 9.84 Å². The molecule has 1 aliphatic heterocycles. The molecular weight excluding hydrogens is 354 g/mol. The number of amides is 1. The lowest BCUT2D eigenvalue weighted by Gasteiger charge is -2.15. The number of nitrogens with one attached hydrogen (secondary N) is 1. The molecule has 0 radical (unpaired) electrons. The maximum Gasteiger partial charge on any atom is 0.251 e. The van der Waals surface area contributed by atoms with Crippen LogP contribution in [0.4, 0.5) is 0 Å². The third-order valence-electron chi connectivity index (χ3n) is 4.34. The molecule has 1 fully saturated rings. The molecule has 26 heavy (non-hydrogen) atoms. The highest BCUT2D eigenvalue weighted by atomic mass is 32.2. The van der Waals surface area contributed by atoms with Gasteiger partial charge >= 0.3 is 0 Å². The zero-order valence-electron chi connectivity index (χ0n) is 14.6. The van der Waals surface area contributed by atoms with Crippen LogP contribution in [0.2, 0.25) is 0 Å². The van der Waals surface area contributed by atoms with Gasteiger partial charge in [0.25, 0.3) is 5.91 Å². The van der Waals surface area contributed by atoms with Gasteiger partial charge in [-0.1, -0.05) is 26.0 Å². The fourth-order valence-corrected chi connectivity index (χ4v) is 4.58. The molecule has 1 aromatic heterocycles. The molecule has 3 rings (SSSR count). The van der Waals surface area contributed by atoms with Gasteiger partial charge in [-0.2, -0.15) is 10.2 Å².